The second-order valence-electron chi connectivity index (χ2n) is 5.88. The summed E-state index contributed by atoms with van der Waals surface area (Å²) in [6.07, 6.45) is 3.29. The molecule has 1 aromatic heterocycles. The van der Waals surface area contributed by atoms with Crippen molar-refractivity contribution in [2.45, 2.75) is 13.5 Å². The van der Waals surface area contributed by atoms with Gasteiger partial charge < -0.3 is 5.32 Å². The number of aromatic nitrogens is 1. The van der Waals surface area contributed by atoms with E-state index in [1.54, 1.807) is 37.5 Å². The molecule has 1 aliphatic heterocycles. The van der Waals surface area contributed by atoms with E-state index in [0.29, 0.717) is 6.54 Å². The van der Waals surface area contributed by atoms with Gasteiger partial charge in [0.1, 0.15) is 0 Å². The minimum atomic E-state index is -3.69. The highest BCUT2D eigenvalue weighted by Gasteiger charge is 2.42. The van der Waals surface area contributed by atoms with E-state index in [1.165, 1.54) is 12.1 Å². The highest BCUT2D eigenvalue weighted by Crippen LogP contribution is 2.28. The summed E-state index contributed by atoms with van der Waals surface area (Å²) >= 11 is 0. The molecule has 0 bridgehead atoms. The molecule has 8 heteroatoms. The lowest BCUT2D eigenvalue weighted by Crippen LogP contribution is -2.30. The Kier molecular flexibility index (Phi) is 4.54. The predicted octanol–water partition coefficient (Wildman–Crippen LogP) is 1.32. The van der Waals surface area contributed by atoms with Gasteiger partial charge in [0, 0.05) is 24.5 Å². The Hall–Kier alpha value is -2.74. The smallest absolute Gasteiger partial charge is 0.251 e. The van der Waals surface area contributed by atoms with Crippen LogP contribution in [0, 0.1) is 5.92 Å². The highest BCUT2D eigenvalue weighted by molar-refractivity contribution is 7.94. The number of rotatable bonds is 4. The average molecular weight is 359 g/mol. The fraction of sp³-hybridized carbons (Fsp3) is 0.235. The molecule has 7 nitrogen and oxygen atoms in total. The van der Waals surface area contributed by atoms with Crippen molar-refractivity contribution in [3.63, 3.8) is 0 Å². The predicted molar refractivity (Wildman–Crippen MR) is 92.3 cm³/mol. The lowest BCUT2D eigenvalue weighted by Gasteiger charge is -2.16. The molecule has 0 spiro atoms. The average Bonchev–Trinajstić information content (AvgIpc) is 2.81. The van der Waals surface area contributed by atoms with Gasteiger partial charge in [0.05, 0.1) is 17.4 Å². The summed E-state index contributed by atoms with van der Waals surface area (Å²) in [6.45, 7) is 1.87. The minimum absolute atomic E-state index is 0.184. The molecule has 1 N–H and O–H groups in total. The Morgan fingerprint density at radius 2 is 2.12 bits per heavy atom. The standard InChI is InChI=1S/C17H17N3O4S/c1-12-11-25(23,24)20(17(12)22)15-6-2-5-14(8-15)16(21)19-10-13-4-3-7-18-9-13/h2-9,12H,10-11H2,1H3,(H,19,21)/t12-/m1/s1. The van der Waals surface area contributed by atoms with Crippen LogP contribution in [-0.4, -0.2) is 31.0 Å². The quantitative estimate of drug-likeness (QED) is 0.888. The molecule has 1 saturated heterocycles. The number of nitrogens with one attached hydrogen (secondary N) is 1. The largest absolute Gasteiger partial charge is 0.348 e. The first kappa shape index (κ1) is 17.1. The monoisotopic (exact) mass is 359 g/mol. The van der Waals surface area contributed by atoms with Crippen molar-refractivity contribution in [1.82, 2.24) is 10.3 Å². The molecular formula is C17H17N3O4S. The zero-order chi connectivity index (χ0) is 18.0. The van der Waals surface area contributed by atoms with Crippen LogP contribution in [0.2, 0.25) is 0 Å². The van der Waals surface area contributed by atoms with E-state index in [0.717, 1.165) is 9.87 Å². The molecule has 1 fully saturated rings. The van der Waals surface area contributed by atoms with E-state index in [9.17, 15) is 18.0 Å². The Bertz CT molecular complexity index is 913. The molecule has 1 aliphatic rings. The van der Waals surface area contributed by atoms with Gasteiger partial charge in [-0.15, -0.1) is 0 Å². The summed E-state index contributed by atoms with van der Waals surface area (Å²) in [6, 6.07) is 9.64. The number of nitrogens with zero attached hydrogens (tertiary/aromatic N) is 2. The van der Waals surface area contributed by atoms with Crippen molar-refractivity contribution in [3.8, 4) is 0 Å². The van der Waals surface area contributed by atoms with Crippen LogP contribution in [-0.2, 0) is 21.4 Å². The van der Waals surface area contributed by atoms with Crippen LogP contribution < -0.4 is 9.62 Å². The normalized spacial score (nSPS) is 19.0. The number of pyridine rings is 1. The lowest BCUT2D eigenvalue weighted by atomic mass is 10.1. The Labute approximate surface area is 145 Å². The lowest BCUT2D eigenvalue weighted by molar-refractivity contribution is -0.119. The van der Waals surface area contributed by atoms with Crippen LogP contribution in [0.3, 0.4) is 0 Å². The van der Waals surface area contributed by atoms with Crippen molar-refractivity contribution >= 4 is 27.5 Å². The maximum atomic E-state index is 12.3. The van der Waals surface area contributed by atoms with Gasteiger partial charge in [-0.05, 0) is 29.8 Å². The maximum absolute atomic E-state index is 12.3. The Morgan fingerprint density at radius 1 is 1.32 bits per heavy atom. The number of hydrogen-bond donors (Lipinski definition) is 1. The van der Waals surface area contributed by atoms with E-state index < -0.39 is 21.8 Å². The number of carbonyl (C=O) groups is 2. The molecule has 130 valence electrons. The zero-order valence-corrected chi connectivity index (χ0v) is 14.4. The minimum Gasteiger partial charge on any atom is -0.348 e. The third-order valence-electron chi connectivity index (χ3n) is 3.88. The number of anilines is 1. The van der Waals surface area contributed by atoms with Crippen LogP contribution >= 0.6 is 0 Å². The maximum Gasteiger partial charge on any atom is 0.251 e. The van der Waals surface area contributed by atoms with E-state index in [2.05, 4.69) is 10.3 Å². The molecule has 3 rings (SSSR count). The second-order valence-corrected chi connectivity index (χ2v) is 7.74. The van der Waals surface area contributed by atoms with Gasteiger partial charge in [0.25, 0.3) is 5.91 Å². The van der Waals surface area contributed by atoms with Crippen molar-refractivity contribution in [1.29, 1.82) is 0 Å². The summed E-state index contributed by atoms with van der Waals surface area (Å²) in [5.74, 6) is -1.65. The molecule has 2 aromatic rings. The third-order valence-corrected chi connectivity index (χ3v) is 5.75. The summed E-state index contributed by atoms with van der Waals surface area (Å²) in [5, 5.41) is 2.74. The summed E-state index contributed by atoms with van der Waals surface area (Å²) < 4.78 is 25.1. The summed E-state index contributed by atoms with van der Waals surface area (Å²) in [7, 11) is -3.69. The van der Waals surface area contributed by atoms with Gasteiger partial charge in [-0.1, -0.05) is 19.1 Å². The fourth-order valence-corrected chi connectivity index (χ4v) is 4.46. The topological polar surface area (TPSA) is 96.4 Å². The number of benzene rings is 1. The van der Waals surface area contributed by atoms with Gasteiger partial charge in [-0.2, -0.15) is 0 Å². The van der Waals surface area contributed by atoms with E-state index in [1.807, 2.05) is 6.07 Å². The first-order valence-electron chi connectivity index (χ1n) is 7.72. The fourth-order valence-electron chi connectivity index (χ4n) is 2.65. The Balaban J connectivity index is 1.80. The van der Waals surface area contributed by atoms with Crippen molar-refractivity contribution in [2.75, 3.05) is 10.1 Å². The van der Waals surface area contributed by atoms with Gasteiger partial charge >= 0.3 is 0 Å². The van der Waals surface area contributed by atoms with E-state index in [4.69, 9.17) is 0 Å². The SMILES string of the molecule is C[C@@H]1CS(=O)(=O)N(c2cccc(C(=O)NCc3cccnc3)c2)C1=O. The molecule has 0 unspecified atom stereocenters. The zero-order valence-electron chi connectivity index (χ0n) is 13.5. The molecule has 1 atom stereocenters. The molecule has 1 aromatic carbocycles. The first-order valence-corrected chi connectivity index (χ1v) is 9.33. The van der Waals surface area contributed by atoms with Crippen molar-refractivity contribution in [3.05, 3.63) is 59.9 Å². The van der Waals surface area contributed by atoms with Gasteiger partial charge in [-0.25, -0.2) is 12.7 Å². The van der Waals surface area contributed by atoms with Crippen LogP contribution in [0.15, 0.2) is 48.8 Å². The van der Waals surface area contributed by atoms with Crippen LogP contribution in [0.5, 0.6) is 0 Å². The molecule has 25 heavy (non-hydrogen) atoms. The summed E-state index contributed by atoms with van der Waals surface area (Å²) in [5.41, 5.74) is 1.31. The van der Waals surface area contributed by atoms with Crippen molar-refractivity contribution < 1.29 is 18.0 Å². The number of hydrogen-bond acceptors (Lipinski definition) is 5. The molecular weight excluding hydrogens is 342 g/mol. The van der Waals surface area contributed by atoms with Gasteiger partial charge in [0.15, 0.2) is 0 Å². The number of sulfonamides is 1. The van der Waals surface area contributed by atoms with Gasteiger partial charge in [0.2, 0.25) is 15.9 Å². The second kappa shape index (κ2) is 6.64. The van der Waals surface area contributed by atoms with Crippen LogP contribution in [0.25, 0.3) is 0 Å². The summed E-state index contributed by atoms with van der Waals surface area (Å²) in [4.78, 5) is 28.4. The van der Waals surface area contributed by atoms with Gasteiger partial charge in [-0.3, -0.25) is 14.6 Å². The highest BCUT2D eigenvalue weighted by atomic mass is 32.2. The van der Waals surface area contributed by atoms with Crippen molar-refractivity contribution in [2.24, 2.45) is 5.92 Å². The van der Waals surface area contributed by atoms with Crippen LogP contribution in [0.4, 0.5) is 5.69 Å². The third kappa shape index (κ3) is 3.53. The molecule has 0 aliphatic carbocycles. The Morgan fingerprint density at radius 3 is 2.76 bits per heavy atom. The van der Waals surface area contributed by atoms with Crippen LogP contribution in [0.1, 0.15) is 22.8 Å². The molecule has 2 heterocycles. The molecule has 0 radical (unpaired) electrons. The molecule has 0 saturated carbocycles. The number of amides is 2. The molecule has 2 amide bonds. The number of carbonyl (C=O) groups excluding carboxylic acids is 2. The first-order chi connectivity index (χ1) is 11.9. The van der Waals surface area contributed by atoms with E-state index in [-0.39, 0.29) is 22.9 Å². The van der Waals surface area contributed by atoms with E-state index >= 15 is 0 Å².